The van der Waals surface area contributed by atoms with Crippen molar-refractivity contribution in [2.45, 2.75) is 42.4 Å². The van der Waals surface area contributed by atoms with Gasteiger partial charge < -0.3 is 9.09 Å². The largest absolute Gasteiger partial charge is 0.416 e. The van der Waals surface area contributed by atoms with Crippen LogP contribution in [0.5, 0.6) is 0 Å². The van der Waals surface area contributed by atoms with Gasteiger partial charge >= 0.3 is 6.18 Å². The number of hydrogen-bond donors (Lipinski definition) is 0. The quantitative estimate of drug-likeness (QED) is 0.176. The normalized spacial score (nSPS) is 13.7. The smallest absolute Gasteiger partial charge is 0.338 e. The number of fused-ring (bicyclic) bond motifs is 1. The van der Waals surface area contributed by atoms with E-state index in [4.69, 9.17) is 9.62 Å². The molecule has 1 fully saturated rings. The number of halogens is 3. The van der Waals surface area contributed by atoms with Gasteiger partial charge in [-0.1, -0.05) is 59.4 Å². The molecule has 3 aromatic carbocycles. The Morgan fingerprint density at radius 2 is 1.73 bits per heavy atom. The molecule has 3 heterocycles. The topological polar surface area (TPSA) is 74.6 Å². The third-order valence-electron chi connectivity index (χ3n) is 7.01. The van der Waals surface area contributed by atoms with Gasteiger partial charge in [0.15, 0.2) is 5.16 Å². The van der Waals surface area contributed by atoms with Gasteiger partial charge in [0, 0.05) is 17.7 Å². The monoisotopic (exact) mass is 572 g/mol. The van der Waals surface area contributed by atoms with E-state index < -0.39 is 11.7 Å². The third kappa shape index (κ3) is 5.24. The van der Waals surface area contributed by atoms with Crippen molar-refractivity contribution in [2.24, 2.45) is 0 Å². The van der Waals surface area contributed by atoms with Crippen LogP contribution in [0.25, 0.3) is 28.1 Å². The Morgan fingerprint density at radius 1 is 0.927 bits per heavy atom. The molecule has 0 N–H and O–H groups in total. The van der Waals surface area contributed by atoms with Crippen LogP contribution in [-0.2, 0) is 18.5 Å². The molecule has 0 radical (unpaired) electrons. The molecule has 11 heteroatoms. The molecule has 7 rings (SSSR count). The van der Waals surface area contributed by atoms with Gasteiger partial charge in [0.2, 0.25) is 11.7 Å². The van der Waals surface area contributed by atoms with Gasteiger partial charge in [-0.2, -0.15) is 23.3 Å². The Hall–Kier alpha value is -4.38. The first-order valence-corrected chi connectivity index (χ1v) is 14.1. The standard InChI is InChI=1S/C30H23F3N6OS/c31-30(32,33)21-12-13-26-24(16-21)34-29(38(26)17-19-6-2-1-3-7-19)41-18-27-35-28(37-40-27)22-8-4-5-9-25(22)39-15-14-23(36-39)20-10-11-20/h1-9,12-16,20H,10-11,17-18H2. The number of rotatable bonds is 8. The summed E-state index contributed by atoms with van der Waals surface area (Å²) in [4.78, 5) is 9.19. The summed E-state index contributed by atoms with van der Waals surface area (Å²) in [5.74, 6) is 1.66. The van der Waals surface area contributed by atoms with E-state index in [2.05, 4.69) is 15.1 Å². The molecule has 0 saturated heterocycles. The first kappa shape index (κ1) is 25.6. The van der Waals surface area contributed by atoms with E-state index >= 15 is 0 Å². The molecule has 0 spiro atoms. The molecule has 0 atom stereocenters. The molecule has 1 aliphatic carbocycles. The highest BCUT2D eigenvalue weighted by atomic mass is 32.2. The zero-order valence-corrected chi connectivity index (χ0v) is 22.4. The van der Waals surface area contributed by atoms with Crippen molar-refractivity contribution in [3.05, 3.63) is 108 Å². The molecular formula is C30H23F3N6OS. The van der Waals surface area contributed by atoms with Gasteiger partial charge in [0.25, 0.3) is 0 Å². The summed E-state index contributed by atoms with van der Waals surface area (Å²) in [6.07, 6.45) is -0.151. The Kier molecular flexibility index (Phi) is 6.38. The Labute approximate surface area is 237 Å². The second-order valence-electron chi connectivity index (χ2n) is 9.94. The molecule has 206 valence electrons. The van der Waals surface area contributed by atoms with E-state index in [1.54, 1.807) is 0 Å². The fourth-order valence-electron chi connectivity index (χ4n) is 4.79. The van der Waals surface area contributed by atoms with Crippen LogP contribution < -0.4 is 0 Å². The van der Waals surface area contributed by atoms with E-state index in [0.29, 0.717) is 40.6 Å². The van der Waals surface area contributed by atoms with Crippen molar-refractivity contribution < 1.29 is 17.7 Å². The first-order chi connectivity index (χ1) is 19.9. The van der Waals surface area contributed by atoms with E-state index in [1.165, 1.54) is 30.7 Å². The molecule has 41 heavy (non-hydrogen) atoms. The van der Waals surface area contributed by atoms with E-state index in [-0.39, 0.29) is 5.52 Å². The number of para-hydroxylation sites is 1. The highest BCUT2D eigenvalue weighted by Crippen LogP contribution is 2.39. The minimum atomic E-state index is -4.45. The molecule has 3 aromatic heterocycles. The van der Waals surface area contributed by atoms with Gasteiger partial charge in [-0.15, -0.1) is 0 Å². The van der Waals surface area contributed by atoms with Crippen LogP contribution in [0.4, 0.5) is 13.2 Å². The lowest BCUT2D eigenvalue weighted by Gasteiger charge is -2.09. The summed E-state index contributed by atoms with van der Waals surface area (Å²) in [5.41, 5.74) is 3.91. The van der Waals surface area contributed by atoms with Gasteiger partial charge in [0.1, 0.15) is 0 Å². The number of hydrogen-bond acceptors (Lipinski definition) is 6. The van der Waals surface area contributed by atoms with Gasteiger partial charge in [0.05, 0.1) is 40.3 Å². The summed E-state index contributed by atoms with van der Waals surface area (Å²) in [6.45, 7) is 0.459. The molecule has 0 amide bonds. The number of benzene rings is 3. The molecular weight excluding hydrogens is 549 g/mol. The highest BCUT2D eigenvalue weighted by Gasteiger charge is 2.31. The lowest BCUT2D eigenvalue weighted by molar-refractivity contribution is -0.137. The molecule has 1 aliphatic rings. The Bertz CT molecular complexity index is 1840. The fraction of sp³-hybridized carbons (Fsp3) is 0.200. The van der Waals surface area contributed by atoms with Crippen LogP contribution in [0.15, 0.2) is 94.7 Å². The molecule has 0 bridgehead atoms. The highest BCUT2D eigenvalue weighted by molar-refractivity contribution is 7.98. The zero-order valence-electron chi connectivity index (χ0n) is 21.6. The van der Waals surface area contributed by atoms with Crippen molar-refractivity contribution in [1.29, 1.82) is 0 Å². The average molecular weight is 573 g/mol. The van der Waals surface area contributed by atoms with E-state index in [1.807, 2.05) is 76.1 Å². The second kappa shape index (κ2) is 10.2. The number of thioether (sulfide) groups is 1. The number of alkyl halides is 3. The summed E-state index contributed by atoms with van der Waals surface area (Å²) in [7, 11) is 0. The van der Waals surface area contributed by atoms with Crippen LogP contribution in [-0.4, -0.2) is 29.5 Å². The predicted molar refractivity (Wildman–Crippen MR) is 149 cm³/mol. The number of imidazole rings is 1. The maximum atomic E-state index is 13.4. The summed E-state index contributed by atoms with van der Waals surface area (Å²) in [5, 5.41) is 9.52. The van der Waals surface area contributed by atoms with Gasteiger partial charge in [-0.3, -0.25) is 0 Å². The summed E-state index contributed by atoms with van der Waals surface area (Å²) in [6, 6.07) is 23.2. The lowest BCUT2D eigenvalue weighted by atomic mass is 10.1. The molecule has 0 aliphatic heterocycles. The van der Waals surface area contributed by atoms with Crippen LogP contribution in [0.1, 0.15) is 41.5 Å². The SMILES string of the molecule is FC(F)(F)c1ccc2c(c1)nc(SCc1nc(-c3ccccc3-n3ccc(C4CC4)n3)no1)n2Cc1ccccc1. The predicted octanol–water partition coefficient (Wildman–Crippen LogP) is 7.51. The zero-order chi connectivity index (χ0) is 28.0. The second-order valence-corrected chi connectivity index (χ2v) is 10.9. The minimum absolute atomic E-state index is 0.281. The molecule has 0 unspecified atom stereocenters. The van der Waals surface area contributed by atoms with Crippen LogP contribution in [0, 0.1) is 0 Å². The molecule has 6 aromatic rings. The molecule has 1 saturated carbocycles. The lowest BCUT2D eigenvalue weighted by Crippen LogP contribution is -2.05. The number of nitrogens with zero attached hydrogens (tertiary/aromatic N) is 6. The van der Waals surface area contributed by atoms with E-state index in [9.17, 15) is 13.2 Å². The Morgan fingerprint density at radius 3 is 2.54 bits per heavy atom. The van der Waals surface area contributed by atoms with Crippen molar-refractivity contribution in [3.63, 3.8) is 0 Å². The van der Waals surface area contributed by atoms with Crippen molar-refractivity contribution in [3.8, 4) is 17.1 Å². The van der Waals surface area contributed by atoms with Gasteiger partial charge in [-0.25, -0.2) is 9.67 Å². The minimum Gasteiger partial charge on any atom is -0.338 e. The summed E-state index contributed by atoms with van der Waals surface area (Å²) >= 11 is 1.34. The van der Waals surface area contributed by atoms with Crippen LogP contribution in [0.2, 0.25) is 0 Å². The van der Waals surface area contributed by atoms with Crippen molar-refractivity contribution >= 4 is 22.8 Å². The Balaban J connectivity index is 1.17. The fourth-order valence-corrected chi connectivity index (χ4v) is 5.65. The summed E-state index contributed by atoms with van der Waals surface area (Å²) < 4.78 is 49.5. The van der Waals surface area contributed by atoms with Crippen LogP contribution >= 0.6 is 11.8 Å². The maximum Gasteiger partial charge on any atom is 0.416 e. The average Bonchev–Trinajstić information content (AvgIpc) is 3.37. The van der Waals surface area contributed by atoms with E-state index in [0.717, 1.165) is 34.6 Å². The van der Waals surface area contributed by atoms with Crippen molar-refractivity contribution in [2.75, 3.05) is 0 Å². The van der Waals surface area contributed by atoms with Gasteiger partial charge in [-0.05, 0) is 54.8 Å². The first-order valence-electron chi connectivity index (χ1n) is 13.1. The number of aromatic nitrogens is 6. The third-order valence-corrected chi connectivity index (χ3v) is 7.98. The molecule has 7 nitrogen and oxygen atoms in total. The van der Waals surface area contributed by atoms with Crippen molar-refractivity contribution in [1.82, 2.24) is 29.5 Å². The van der Waals surface area contributed by atoms with Crippen LogP contribution in [0.3, 0.4) is 0 Å². The maximum absolute atomic E-state index is 13.4.